The summed E-state index contributed by atoms with van der Waals surface area (Å²) in [7, 11) is 1.41. The molecule has 0 aliphatic carbocycles. The average molecular weight is 351 g/mol. The van der Waals surface area contributed by atoms with E-state index in [0.717, 1.165) is 22.4 Å². The first-order valence-electron chi connectivity index (χ1n) is 6.87. The minimum atomic E-state index is -0.271. The van der Waals surface area contributed by atoms with Crippen molar-refractivity contribution in [1.29, 1.82) is 0 Å². The molecule has 0 aromatic heterocycles. The number of benzene rings is 1. The van der Waals surface area contributed by atoms with E-state index in [0.29, 0.717) is 25.0 Å². The van der Waals surface area contributed by atoms with Crippen LogP contribution in [0.25, 0.3) is 5.70 Å². The molecule has 1 aliphatic heterocycles. The Morgan fingerprint density at radius 1 is 1.38 bits per heavy atom. The molecule has 112 valence electrons. The Kier molecular flexibility index (Phi) is 5.62. The fourth-order valence-electron chi connectivity index (χ4n) is 2.53. The number of esters is 1. The second-order valence-corrected chi connectivity index (χ2v) is 5.28. The molecule has 0 spiro atoms. The van der Waals surface area contributed by atoms with Gasteiger partial charge in [-0.15, -0.1) is 0 Å². The van der Waals surface area contributed by atoms with Gasteiger partial charge in [0.1, 0.15) is 0 Å². The summed E-state index contributed by atoms with van der Waals surface area (Å²) in [6, 6.07) is 10.2. The van der Waals surface area contributed by atoms with Gasteiger partial charge in [0.2, 0.25) is 0 Å². The molecule has 0 radical (unpaired) electrons. The number of allylic oxidation sites excluding steroid dienone is 1. The maximum atomic E-state index is 12.0. The SMILES string of the molecule is COC(=O)C1=C(CCN)N(C[SeH])C(c2ccccc2)=CC1. The van der Waals surface area contributed by atoms with E-state index in [1.54, 1.807) is 0 Å². The third-order valence-electron chi connectivity index (χ3n) is 3.49. The summed E-state index contributed by atoms with van der Waals surface area (Å²) in [5, 5.41) is 0. The minimum absolute atomic E-state index is 0.271. The number of hydrogen-bond acceptors (Lipinski definition) is 4. The number of nitrogens with zero attached hydrogens (tertiary/aromatic N) is 1. The van der Waals surface area contributed by atoms with Crippen LogP contribution in [-0.4, -0.2) is 46.0 Å². The number of methoxy groups -OCH3 is 1. The molecular formula is C16H20N2O2Se. The van der Waals surface area contributed by atoms with Crippen LogP contribution in [0.2, 0.25) is 0 Å². The van der Waals surface area contributed by atoms with E-state index in [2.05, 4.69) is 39.1 Å². The van der Waals surface area contributed by atoms with Gasteiger partial charge in [0.25, 0.3) is 0 Å². The van der Waals surface area contributed by atoms with Gasteiger partial charge in [-0.3, -0.25) is 0 Å². The molecule has 0 saturated heterocycles. The summed E-state index contributed by atoms with van der Waals surface area (Å²) in [6.45, 7) is 0.501. The fraction of sp³-hybridized carbons (Fsp3) is 0.312. The second kappa shape index (κ2) is 7.46. The van der Waals surface area contributed by atoms with Crippen LogP contribution >= 0.6 is 0 Å². The van der Waals surface area contributed by atoms with Crippen molar-refractivity contribution < 1.29 is 9.53 Å². The number of nitrogens with two attached hydrogens (primary N) is 1. The van der Waals surface area contributed by atoms with Crippen LogP contribution in [0, 0.1) is 0 Å². The van der Waals surface area contributed by atoms with E-state index in [-0.39, 0.29) is 5.97 Å². The van der Waals surface area contributed by atoms with Gasteiger partial charge in [-0.2, -0.15) is 0 Å². The topological polar surface area (TPSA) is 55.6 Å². The predicted octanol–water partition coefficient (Wildman–Crippen LogP) is 1.37. The van der Waals surface area contributed by atoms with Crippen molar-refractivity contribution in [3.63, 3.8) is 0 Å². The number of ether oxygens (including phenoxy) is 1. The van der Waals surface area contributed by atoms with Crippen LogP contribution in [0.3, 0.4) is 0 Å². The summed E-state index contributed by atoms with van der Waals surface area (Å²) >= 11 is 2.56. The van der Waals surface area contributed by atoms with Gasteiger partial charge >= 0.3 is 133 Å². The van der Waals surface area contributed by atoms with Gasteiger partial charge in [0, 0.05) is 0 Å². The third-order valence-corrected chi connectivity index (χ3v) is 4.08. The molecule has 5 heteroatoms. The molecule has 21 heavy (non-hydrogen) atoms. The molecule has 2 N–H and O–H groups in total. The van der Waals surface area contributed by atoms with Crippen molar-refractivity contribution in [2.75, 3.05) is 19.1 Å². The summed E-state index contributed by atoms with van der Waals surface area (Å²) in [5.41, 5.74) is 10.4. The molecular weight excluding hydrogens is 331 g/mol. The normalized spacial score (nSPS) is 15.0. The zero-order valence-corrected chi connectivity index (χ0v) is 14.0. The van der Waals surface area contributed by atoms with E-state index in [1.807, 2.05) is 18.2 Å². The fourth-order valence-corrected chi connectivity index (χ4v) is 3.20. The van der Waals surface area contributed by atoms with E-state index >= 15 is 0 Å². The second-order valence-electron chi connectivity index (χ2n) is 4.68. The van der Waals surface area contributed by atoms with E-state index < -0.39 is 0 Å². The van der Waals surface area contributed by atoms with Crippen molar-refractivity contribution in [2.45, 2.75) is 12.8 Å². The van der Waals surface area contributed by atoms with Gasteiger partial charge in [-0.05, 0) is 0 Å². The van der Waals surface area contributed by atoms with E-state index in [1.165, 1.54) is 7.11 Å². The van der Waals surface area contributed by atoms with Crippen LogP contribution in [0.5, 0.6) is 0 Å². The molecule has 1 heterocycles. The zero-order valence-electron chi connectivity index (χ0n) is 12.1. The van der Waals surface area contributed by atoms with Crippen LogP contribution in [0.15, 0.2) is 47.7 Å². The number of carbonyl (C=O) groups is 1. The van der Waals surface area contributed by atoms with Crippen LogP contribution < -0.4 is 5.73 Å². The monoisotopic (exact) mass is 352 g/mol. The summed E-state index contributed by atoms with van der Waals surface area (Å²) in [4.78, 5) is 14.1. The first kappa shape index (κ1) is 15.8. The van der Waals surface area contributed by atoms with Gasteiger partial charge < -0.3 is 0 Å². The van der Waals surface area contributed by atoms with Gasteiger partial charge in [-0.25, -0.2) is 0 Å². The first-order valence-corrected chi connectivity index (χ1v) is 8.20. The quantitative estimate of drug-likeness (QED) is 0.643. The molecule has 0 saturated carbocycles. The maximum absolute atomic E-state index is 12.0. The Labute approximate surface area is 133 Å². The standard InChI is InChI=1S/C16H20N2O2Se/c1-20-16(19)13-7-8-14(12-5-3-2-4-6-12)18(11-21)15(13)9-10-17/h2-6,8,21H,7,9-11,17H2,1H3. The summed E-state index contributed by atoms with van der Waals surface area (Å²) < 4.78 is 4.90. The average Bonchev–Trinajstić information content (AvgIpc) is 2.54. The number of carbonyl (C=O) groups excluding carboxylic acids is 1. The molecule has 1 aromatic rings. The Bertz CT molecular complexity index is 567. The van der Waals surface area contributed by atoms with E-state index in [9.17, 15) is 4.79 Å². The molecule has 0 bridgehead atoms. The van der Waals surface area contributed by atoms with Gasteiger partial charge in [0.05, 0.1) is 0 Å². The molecule has 0 fully saturated rings. The Hall–Kier alpha value is -1.55. The molecule has 0 amide bonds. The molecule has 0 atom stereocenters. The molecule has 1 aromatic carbocycles. The van der Waals surface area contributed by atoms with Crippen LogP contribution in [-0.2, 0) is 9.53 Å². The van der Waals surface area contributed by atoms with Crippen LogP contribution in [0.1, 0.15) is 18.4 Å². The van der Waals surface area contributed by atoms with Crippen molar-refractivity contribution in [3.05, 3.63) is 53.2 Å². The van der Waals surface area contributed by atoms with Crippen molar-refractivity contribution in [3.8, 4) is 0 Å². The molecule has 4 nitrogen and oxygen atoms in total. The summed E-state index contributed by atoms with van der Waals surface area (Å²) in [6.07, 6.45) is 3.32. The third kappa shape index (κ3) is 3.38. The Morgan fingerprint density at radius 2 is 2.10 bits per heavy atom. The van der Waals surface area contributed by atoms with E-state index in [4.69, 9.17) is 10.5 Å². The molecule has 0 unspecified atom stereocenters. The summed E-state index contributed by atoms with van der Waals surface area (Å²) in [5.74, 6) is -0.271. The molecule has 1 aliphatic rings. The number of rotatable bonds is 5. The van der Waals surface area contributed by atoms with Crippen molar-refractivity contribution in [1.82, 2.24) is 4.90 Å². The predicted molar refractivity (Wildman–Crippen MR) is 85.6 cm³/mol. The zero-order chi connectivity index (χ0) is 15.2. The van der Waals surface area contributed by atoms with Crippen LogP contribution in [0.4, 0.5) is 0 Å². The Balaban J connectivity index is 2.42. The van der Waals surface area contributed by atoms with Crippen molar-refractivity contribution in [2.24, 2.45) is 5.73 Å². The molecule has 2 rings (SSSR count). The van der Waals surface area contributed by atoms with Crippen molar-refractivity contribution >= 4 is 27.7 Å². The van der Waals surface area contributed by atoms with Gasteiger partial charge in [0.15, 0.2) is 0 Å². The van der Waals surface area contributed by atoms with Gasteiger partial charge in [-0.1, -0.05) is 0 Å². The Morgan fingerprint density at radius 3 is 2.67 bits per heavy atom. The number of hydrogen-bond donors (Lipinski definition) is 1. The first-order chi connectivity index (χ1) is 10.2.